The van der Waals surface area contributed by atoms with Gasteiger partial charge in [0.05, 0.1) is 25.9 Å². The predicted octanol–water partition coefficient (Wildman–Crippen LogP) is 2.06. The van der Waals surface area contributed by atoms with E-state index in [4.69, 9.17) is 9.47 Å². The van der Waals surface area contributed by atoms with Gasteiger partial charge < -0.3 is 14.8 Å². The lowest BCUT2D eigenvalue weighted by Crippen LogP contribution is -2.48. The van der Waals surface area contributed by atoms with Crippen LogP contribution in [0.4, 0.5) is 0 Å². The molecular weight excluding hydrogens is 252 g/mol. The molecule has 1 aromatic rings. The lowest BCUT2D eigenvalue weighted by atomic mass is 9.98. The van der Waals surface area contributed by atoms with Crippen LogP contribution in [0.5, 0.6) is 5.75 Å². The van der Waals surface area contributed by atoms with Crippen LogP contribution in [0.15, 0.2) is 24.3 Å². The summed E-state index contributed by atoms with van der Waals surface area (Å²) in [6.07, 6.45) is 0.170. The van der Waals surface area contributed by atoms with Crippen molar-refractivity contribution in [3.63, 3.8) is 0 Å². The van der Waals surface area contributed by atoms with Gasteiger partial charge in [-0.3, -0.25) is 4.90 Å². The van der Waals surface area contributed by atoms with E-state index >= 15 is 0 Å². The maximum absolute atomic E-state index is 5.99. The molecule has 1 aliphatic rings. The first-order chi connectivity index (χ1) is 9.61. The molecule has 4 heteroatoms. The average molecular weight is 278 g/mol. The van der Waals surface area contributed by atoms with Crippen LogP contribution in [0.2, 0.25) is 0 Å². The van der Waals surface area contributed by atoms with E-state index in [1.807, 2.05) is 12.1 Å². The molecule has 0 spiro atoms. The first-order valence-corrected chi connectivity index (χ1v) is 7.31. The van der Waals surface area contributed by atoms with E-state index in [9.17, 15) is 0 Å². The number of likely N-dealkylation sites (N-methyl/N-ethyl adjacent to an activating group) is 1. The zero-order valence-corrected chi connectivity index (χ0v) is 12.9. The monoisotopic (exact) mass is 278 g/mol. The number of benzene rings is 1. The summed E-state index contributed by atoms with van der Waals surface area (Å²) in [5.74, 6) is 0.900. The molecule has 2 rings (SSSR count). The summed E-state index contributed by atoms with van der Waals surface area (Å²) < 4.78 is 11.3. The Hall–Kier alpha value is -1.10. The summed E-state index contributed by atoms with van der Waals surface area (Å²) in [5, 5.41) is 3.48. The minimum Gasteiger partial charge on any atom is -0.497 e. The Morgan fingerprint density at radius 3 is 2.95 bits per heavy atom. The molecule has 1 N–H and O–H groups in total. The van der Waals surface area contributed by atoms with Gasteiger partial charge in [0.25, 0.3) is 0 Å². The molecule has 1 fully saturated rings. The molecule has 0 radical (unpaired) electrons. The van der Waals surface area contributed by atoms with E-state index in [2.05, 4.69) is 43.2 Å². The van der Waals surface area contributed by atoms with Crippen LogP contribution < -0.4 is 10.1 Å². The zero-order chi connectivity index (χ0) is 14.5. The number of hydrogen-bond donors (Lipinski definition) is 1. The van der Waals surface area contributed by atoms with Gasteiger partial charge >= 0.3 is 0 Å². The number of nitrogens with one attached hydrogen (secondary N) is 1. The normalized spacial score (nSPS) is 24.1. The Labute approximate surface area is 122 Å². The Bertz CT molecular complexity index is 423. The maximum atomic E-state index is 5.99. The van der Waals surface area contributed by atoms with Crippen molar-refractivity contribution < 1.29 is 9.47 Å². The Morgan fingerprint density at radius 1 is 1.45 bits per heavy atom. The summed E-state index contributed by atoms with van der Waals surface area (Å²) in [6.45, 7) is 6.94. The third-order valence-corrected chi connectivity index (χ3v) is 3.77. The van der Waals surface area contributed by atoms with Crippen LogP contribution in [0.1, 0.15) is 25.5 Å². The number of morpholine rings is 1. The standard InChI is InChI=1S/C16H26N2O2/c1-12(2)17-11-15-16(18(3)8-9-20-15)13-6-5-7-14(10-13)19-4/h5-7,10,12,15-17H,8-9,11H2,1-4H3. The Balaban J connectivity index is 2.17. The van der Waals surface area contributed by atoms with Gasteiger partial charge in [0.1, 0.15) is 5.75 Å². The van der Waals surface area contributed by atoms with Crippen molar-refractivity contribution >= 4 is 0 Å². The van der Waals surface area contributed by atoms with Crippen molar-refractivity contribution in [2.24, 2.45) is 0 Å². The summed E-state index contributed by atoms with van der Waals surface area (Å²) in [7, 11) is 3.87. The minimum atomic E-state index is 0.170. The molecule has 0 amide bonds. The quantitative estimate of drug-likeness (QED) is 0.894. The molecule has 112 valence electrons. The fraction of sp³-hybridized carbons (Fsp3) is 0.625. The van der Waals surface area contributed by atoms with E-state index in [0.29, 0.717) is 6.04 Å². The molecule has 1 saturated heterocycles. The second-order valence-electron chi connectivity index (χ2n) is 5.67. The van der Waals surface area contributed by atoms with Crippen LogP contribution in [0, 0.1) is 0 Å². The van der Waals surface area contributed by atoms with Crippen LogP contribution >= 0.6 is 0 Å². The number of nitrogens with zero attached hydrogens (tertiary/aromatic N) is 1. The summed E-state index contributed by atoms with van der Waals surface area (Å²) >= 11 is 0. The van der Waals surface area contributed by atoms with Gasteiger partial charge in [0.2, 0.25) is 0 Å². The predicted molar refractivity (Wildman–Crippen MR) is 81.2 cm³/mol. The molecule has 1 aromatic carbocycles. The summed E-state index contributed by atoms with van der Waals surface area (Å²) in [6, 6.07) is 9.03. The van der Waals surface area contributed by atoms with Crippen molar-refractivity contribution in [1.82, 2.24) is 10.2 Å². The zero-order valence-electron chi connectivity index (χ0n) is 12.9. The molecule has 0 aromatic heterocycles. The third kappa shape index (κ3) is 3.72. The van der Waals surface area contributed by atoms with Crippen molar-refractivity contribution in [1.29, 1.82) is 0 Å². The molecule has 1 aliphatic heterocycles. The number of rotatable bonds is 5. The van der Waals surface area contributed by atoms with E-state index in [1.165, 1.54) is 5.56 Å². The largest absolute Gasteiger partial charge is 0.497 e. The molecular formula is C16H26N2O2. The van der Waals surface area contributed by atoms with Crippen molar-refractivity contribution in [2.45, 2.75) is 32.0 Å². The molecule has 4 nitrogen and oxygen atoms in total. The number of ether oxygens (including phenoxy) is 2. The van der Waals surface area contributed by atoms with Gasteiger partial charge in [-0.2, -0.15) is 0 Å². The second-order valence-corrected chi connectivity index (χ2v) is 5.67. The van der Waals surface area contributed by atoms with Crippen LogP contribution in [-0.4, -0.2) is 50.9 Å². The third-order valence-electron chi connectivity index (χ3n) is 3.77. The molecule has 2 unspecified atom stereocenters. The van der Waals surface area contributed by atoms with Crippen LogP contribution in [0.3, 0.4) is 0 Å². The van der Waals surface area contributed by atoms with Crippen molar-refractivity contribution in [3.05, 3.63) is 29.8 Å². The topological polar surface area (TPSA) is 33.7 Å². The molecule has 20 heavy (non-hydrogen) atoms. The molecule has 0 aliphatic carbocycles. The first-order valence-electron chi connectivity index (χ1n) is 7.31. The summed E-state index contributed by atoms with van der Waals surface area (Å²) in [5.41, 5.74) is 1.25. The van der Waals surface area contributed by atoms with E-state index in [-0.39, 0.29) is 12.1 Å². The molecule has 1 heterocycles. The van der Waals surface area contributed by atoms with E-state index in [0.717, 1.165) is 25.4 Å². The highest BCUT2D eigenvalue weighted by atomic mass is 16.5. The van der Waals surface area contributed by atoms with Gasteiger partial charge in [-0.05, 0) is 24.7 Å². The lowest BCUT2D eigenvalue weighted by Gasteiger charge is -2.40. The van der Waals surface area contributed by atoms with Gasteiger partial charge in [-0.15, -0.1) is 0 Å². The first kappa shape index (κ1) is 15.3. The highest BCUT2D eigenvalue weighted by Crippen LogP contribution is 2.30. The van der Waals surface area contributed by atoms with Crippen molar-refractivity contribution in [3.8, 4) is 5.75 Å². The van der Waals surface area contributed by atoms with Crippen LogP contribution in [0.25, 0.3) is 0 Å². The highest BCUT2D eigenvalue weighted by Gasteiger charge is 2.31. The maximum Gasteiger partial charge on any atom is 0.119 e. The highest BCUT2D eigenvalue weighted by molar-refractivity contribution is 5.31. The van der Waals surface area contributed by atoms with Gasteiger partial charge in [-0.1, -0.05) is 26.0 Å². The SMILES string of the molecule is COc1cccc(C2C(CNC(C)C)OCCN2C)c1. The number of hydrogen-bond acceptors (Lipinski definition) is 4. The Morgan fingerprint density at radius 2 is 2.25 bits per heavy atom. The average Bonchev–Trinajstić information content (AvgIpc) is 2.45. The minimum absolute atomic E-state index is 0.170. The van der Waals surface area contributed by atoms with Crippen LogP contribution in [-0.2, 0) is 4.74 Å². The van der Waals surface area contributed by atoms with E-state index < -0.39 is 0 Å². The Kier molecular flexibility index (Phi) is 5.40. The van der Waals surface area contributed by atoms with E-state index in [1.54, 1.807) is 7.11 Å². The molecule has 0 saturated carbocycles. The smallest absolute Gasteiger partial charge is 0.119 e. The lowest BCUT2D eigenvalue weighted by molar-refractivity contribution is -0.0620. The van der Waals surface area contributed by atoms with Crippen molar-refractivity contribution in [2.75, 3.05) is 33.9 Å². The molecule has 2 atom stereocenters. The second kappa shape index (κ2) is 7.07. The fourth-order valence-corrected chi connectivity index (χ4v) is 2.68. The number of methoxy groups -OCH3 is 1. The molecule has 0 bridgehead atoms. The van der Waals surface area contributed by atoms with Gasteiger partial charge in [0.15, 0.2) is 0 Å². The van der Waals surface area contributed by atoms with Gasteiger partial charge in [-0.25, -0.2) is 0 Å². The van der Waals surface area contributed by atoms with Gasteiger partial charge in [0, 0.05) is 19.1 Å². The summed E-state index contributed by atoms with van der Waals surface area (Å²) in [4.78, 5) is 2.37. The fourth-order valence-electron chi connectivity index (χ4n) is 2.68.